The number of aromatic nitrogens is 2. The number of benzene rings is 2. The summed E-state index contributed by atoms with van der Waals surface area (Å²) in [6.45, 7) is 3.75. The van der Waals surface area contributed by atoms with Crippen molar-refractivity contribution in [2.45, 2.75) is 32.4 Å². The van der Waals surface area contributed by atoms with E-state index in [9.17, 15) is 14.7 Å². The van der Waals surface area contributed by atoms with E-state index in [1.165, 1.54) is 16.2 Å². The lowest BCUT2D eigenvalue weighted by Gasteiger charge is -2.22. The van der Waals surface area contributed by atoms with E-state index < -0.39 is 17.7 Å². The van der Waals surface area contributed by atoms with E-state index in [1.807, 2.05) is 37.3 Å². The van der Waals surface area contributed by atoms with Crippen LogP contribution >= 0.6 is 27.3 Å². The zero-order valence-electron chi connectivity index (χ0n) is 17.2. The summed E-state index contributed by atoms with van der Waals surface area (Å²) in [5.41, 5.74) is 2.13. The third-order valence-electron chi connectivity index (χ3n) is 5.52. The number of ketones is 1. The molecule has 0 saturated carbocycles. The van der Waals surface area contributed by atoms with Crippen molar-refractivity contribution in [3.05, 3.63) is 74.2 Å². The first-order valence-electron chi connectivity index (χ1n) is 10.00. The molecule has 3 heterocycles. The van der Waals surface area contributed by atoms with Gasteiger partial charge in [-0.05, 0) is 55.3 Å². The van der Waals surface area contributed by atoms with E-state index in [2.05, 4.69) is 26.1 Å². The lowest BCUT2D eigenvalue weighted by molar-refractivity contribution is -0.132. The molecule has 0 bridgehead atoms. The number of ether oxygens (including phenoxy) is 1. The first-order chi connectivity index (χ1) is 15.3. The Kier molecular flexibility index (Phi) is 5.10. The fourth-order valence-electron chi connectivity index (χ4n) is 4.10. The fraction of sp³-hybridized carbons (Fsp3) is 0.217. The van der Waals surface area contributed by atoms with Crippen molar-refractivity contribution in [2.75, 3.05) is 4.90 Å². The molecule has 2 aromatic carbocycles. The third-order valence-corrected chi connectivity index (χ3v) is 6.89. The second-order valence-electron chi connectivity index (χ2n) is 7.78. The van der Waals surface area contributed by atoms with Crippen LogP contribution in [0.2, 0.25) is 0 Å². The Morgan fingerprint density at radius 1 is 1.19 bits per heavy atom. The van der Waals surface area contributed by atoms with Crippen molar-refractivity contribution in [1.29, 1.82) is 0 Å². The normalized spacial score (nSPS) is 21.7. The molecule has 32 heavy (non-hydrogen) atoms. The van der Waals surface area contributed by atoms with Gasteiger partial charge in [0.05, 0.1) is 11.6 Å². The molecular weight excluding hydrogens is 494 g/mol. The number of fused-ring (bicyclic) bond motifs is 1. The number of aliphatic hydroxyl groups is 1. The maximum Gasteiger partial charge on any atom is 0.301 e. The number of anilines is 1. The van der Waals surface area contributed by atoms with Gasteiger partial charge in [0, 0.05) is 16.5 Å². The summed E-state index contributed by atoms with van der Waals surface area (Å²) in [6, 6.07) is 11.8. The molecule has 0 aliphatic carbocycles. The Hall–Kier alpha value is -3.04. The van der Waals surface area contributed by atoms with Crippen LogP contribution in [0.25, 0.3) is 5.76 Å². The minimum absolute atomic E-state index is 0.0251. The highest BCUT2D eigenvalue weighted by atomic mass is 79.9. The topological polar surface area (TPSA) is 92.6 Å². The van der Waals surface area contributed by atoms with E-state index in [4.69, 9.17) is 4.74 Å². The standard InChI is InChI=1S/C23H18BrN3O4S/c1-11-9-15-10-14(5-8-17(15)31-11)20(28)18-19(13-3-6-16(24)7-4-13)27(22(30)21(18)29)23-26-25-12(2)32-23/h3-8,10-11,19,28H,9H2,1-2H3/t11-,19-/m0/s1. The average molecular weight is 512 g/mol. The van der Waals surface area contributed by atoms with Crippen LogP contribution < -0.4 is 9.64 Å². The molecule has 5 rings (SSSR count). The zero-order valence-corrected chi connectivity index (χ0v) is 19.6. The van der Waals surface area contributed by atoms with Gasteiger partial charge < -0.3 is 9.84 Å². The minimum Gasteiger partial charge on any atom is -0.507 e. The molecule has 7 nitrogen and oxygen atoms in total. The molecule has 2 aliphatic rings. The smallest absolute Gasteiger partial charge is 0.301 e. The molecule has 162 valence electrons. The number of nitrogens with zero attached hydrogens (tertiary/aromatic N) is 3. The van der Waals surface area contributed by atoms with Gasteiger partial charge in [0.25, 0.3) is 5.78 Å². The largest absolute Gasteiger partial charge is 0.507 e. The number of carbonyl (C=O) groups is 2. The summed E-state index contributed by atoms with van der Waals surface area (Å²) in [5.74, 6) is -0.951. The number of aliphatic hydroxyl groups excluding tert-OH is 1. The highest BCUT2D eigenvalue weighted by Crippen LogP contribution is 2.43. The van der Waals surface area contributed by atoms with E-state index in [0.717, 1.165) is 15.8 Å². The lowest BCUT2D eigenvalue weighted by atomic mass is 9.94. The third kappa shape index (κ3) is 3.41. The average Bonchev–Trinajstić information content (AvgIpc) is 3.43. The lowest BCUT2D eigenvalue weighted by Crippen LogP contribution is -2.29. The highest BCUT2D eigenvalue weighted by molar-refractivity contribution is 9.10. The van der Waals surface area contributed by atoms with Crippen LogP contribution in [0.15, 0.2) is 52.5 Å². The molecule has 2 atom stereocenters. The van der Waals surface area contributed by atoms with Gasteiger partial charge in [-0.15, -0.1) is 10.2 Å². The van der Waals surface area contributed by atoms with Gasteiger partial charge in [-0.2, -0.15) is 0 Å². The van der Waals surface area contributed by atoms with Crippen LogP contribution in [0.1, 0.15) is 34.7 Å². The number of Topliss-reactive ketones (excluding diaryl/α,β-unsaturated/α-hetero) is 1. The van der Waals surface area contributed by atoms with Crippen molar-refractivity contribution in [3.63, 3.8) is 0 Å². The van der Waals surface area contributed by atoms with Crippen molar-refractivity contribution >= 4 is 49.8 Å². The molecule has 1 N–H and O–H groups in total. The molecule has 1 saturated heterocycles. The number of halogens is 1. The predicted octanol–water partition coefficient (Wildman–Crippen LogP) is 4.56. The molecule has 9 heteroatoms. The van der Waals surface area contributed by atoms with Crippen LogP contribution in [0.3, 0.4) is 0 Å². The van der Waals surface area contributed by atoms with Crippen LogP contribution in [0.4, 0.5) is 5.13 Å². The van der Waals surface area contributed by atoms with E-state index in [-0.39, 0.29) is 17.4 Å². The predicted molar refractivity (Wildman–Crippen MR) is 124 cm³/mol. The maximum absolute atomic E-state index is 13.2. The number of amides is 1. The van der Waals surface area contributed by atoms with Gasteiger partial charge in [0.1, 0.15) is 22.6 Å². The number of carbonyl (C=O) groups excluding carboxylic acids is 2. The number of aryl methyl sites for hydroxylation is 1. The molecule has 3 aromatic rings. The molecule has 0 spiro atoms. The SMILES string of the molecule is Cc1nnc(N2C(=O)C(=O)C(=C(O)c3ccc4c(c3)C[C@H](C)O4)[C@@H]2c2ccc(Br)cc2)s1. The Labute approximate surface area is 196 Å². The monoisotopic (exact) mass is 511 g/mol. The van der Waals surface area contributed by atoms with Gasteiger partial charge in [-0.25, -0.2) is 0 Å². The van der Waals surface area contributed by atoms with Gasteiger partial charge >= 0.3 is 5.91 Å². The van der Waals surface area contributed by atoms with E-state index >= 15 is 0 Å². The van der Waals surface area contributed by atoms with Crippen LogP contribution in [0.5, 0.6) is 5.75 Å². The molecule has 2 aliphatic heterocycles. The number of hydrogen-bond donors (Lipinski definition) is 1. The van der Waals surface area contributed by atoms with Crippen molar-refractivity contribution in [1.82, 2.24) is 10.2 Å². The van der Waals surface area contributed by atoms with Crippen LogP contribution in [-0.4, -0.2) is 33.1 Å². The van der Waals surface area contributed by atoms with Crippen molar-refractivity contribution in [2.24, 2.45) is 0 Å². The Morgan fingerprint density at radius 3 is 2.62 bits per heavy atom. The molecular formula is C23H18BrN3O4S. The molecule has 1 fully saturated rings. The highest BCUT2D eigenvalue weighted by Gasteiger charge is 2.48. The van der Waals surface area contributed by atoms with Gasteiger partial charge in [-0.1, -0.05) is 39.4 Å². The zero-order chi connectivity index (χ0) is 22.6. The molecule has 1 amide bonds. The van der Waals surface area contributed by atoms with Crippen LogP contribution in [0, 0.1) is 6.92 Å². The Balaban J connectivity index is 1.68. The minimum atomic E-state index is -0.820. The van der Waals surface area contributed by atoms with E-state index in [0.29, 0.717) is 27.7 Å². The molecule has 0 unspecified atom stereocenters. The fourth-order valence-corrected chi connectivity index (χ4v) is 5.08. The van der Waals surface area contributed by atoms with Gasteiger partial charge in [0.2, 0.25) is 5.13 Å². The Morgan fingerprint density at radius 2 is 1.94 bits per heavy atom. The summed E-state index contributed by atoms with van der Waals surface area (Å²) in [5, 5.41) is 20.3. The summed E-state index contributed by atoms with van der Waals surface area (Å²) in [4.78, 5) is 27.6. The summed E-state index contributed by atoms with van der Waals surface area (Å²) in [7, 11) is 0. The van der Waals surface area contributed by atoms with E-state index in [1.54, 1.807) is 19.1 Å². The summed E-state index contributed by atoms with van der Waals surface area (Å²) >= 11 is 4.63. The van der Waals surface area contributed by atoms with Crippen molar-refractivity contribution in [3.8, 4) is 5.75 Å². The first kappa shape index (κ1) is 20.8. The van der Waals surface area contributed by atoms with Gasteiger partial charge in [-0.3, -0.25) is 14.5 Å². The summed E-state index contributed by atoms with van der Waals surface area (Å²) in [6.07, 6.45) is 0.765. The maximum atomic E-state index is 13.2. The van der Waals surface area contributed by atoms with Gasteiger partial charge in [0.15, 0.2) is 0 Å². The second-order valence-corrected chi connectivity index (χ2v) is 9.86. The molecule has 0 radical (unpaired) electrons. The number of hydrogen-bond acceptors (Lipinski definition) is 7. The summed E-state index contributed by atoms with van der Waals surface area (Å²) < 4.78 is 6.60. The number of rotatable bonds is 3. The van der Waals surface area contributed by atoms with Crippen LogP contribution in [-0.2, 0) is 16.0 Å². The van der Waals surface area contributed by atoms with Crippen molar-refractivity contribution < 1.29 is 19.4 Å². The molecule has 1 aromatic heterocycles. The first-order valence-corrected chi connectivity index (χ1v) is 11.6. The Bertz CT molecular complexity index is 1280. The second kappa shape index (κ2) is 7.83. The quantitative estimate of drug-likeness (QED) is 0.314.